The Balaban J connectivity index is 2.93. The first-order chi connectivity index (χ1) is 5.68. The molecule has 0 bridgehead atoms. The molecule has 0 aliphatic carbocycles. The Morgan fingerprint density at radius 3 is 3.08 bits per heavy atom. The summed E-state index contributed by atoms with van der Waals surface area (Å²) >= 11 is 7.77. The molecule has 0 saturated heterocycles. The number of nitrogen functional groups attached to an aromatic ring is 1. The van der Waals surface area contributed by atoms with Gasteiger partial charge in [0, 0.05) is 9.77 Å². The maximum Gasteiger partial charge on any atom is 0.243 e. The van der Waals surface area contributed by atoms with Crippen LogP contribution in [-0.4, -0.2) is 14.6 Å². The van der Waals surface area contributed by atoms with Gasteiger partial charge in [-0.05, 0) is 40.3 Å². The molecule has 0 spiro atoms. The van der Waals surface area contributed by atoms with Crippen molar-refractivity contribution in [3.05, 3.63) is 21.1 Å². The Hall–Kier alpha value is -0.560. The van der Waals surface area contributed by atoms with Crippen molar-refractivity contribution in [2.75, 3.05) is 5.73 Å². The molecule has 0 aromatic carbocycles. The summed E-state index contributed by atoms with van der Waals surface area (Å²) in [5, 5.41) is 4.10. The molecule has 0 saturated carbocycles. The van der Waals surface area contributed by atoms with E-state index in [0.717, 1.165) is 9.09 Å². The number of anilines is 1. The SMILES string of the molecule is Nc1nc(Cl)nn2ccc(I)c12. The van der Waals surface area contributed by atoms with E-state index >= 15 is 0 Å². The van der Waals surface area contributed by atoms with E-state index in [4.69, 9.17) is 17.3 Å². The van der Waals surface area contributed by atoms with E-state index in [2.05, 4.69) is 32.7 Å². The third-order valence-corrected chi connectivity index (χ3v) is 2.49. The average molecular weight is 294 g/mol. The topological polar surface area (TPSA) is 56.2 Å². The van der Waals surface area contributed by atoms with Crippen LogP contribution in [0.1, 0.15) is 0 Å². The predicted octanol–water partition coefficient (Wildman–Crippen LogP) is 1.57. The van der Waals surface area contributed by atoms with Crippen molar-refractivity contribution >= 4 is 45.5 Å². The minimum atomic E-state index is 0.159. The summed E-state index contributed by atoms with van der Waals surface area (Å²) in [6.45, 7) is 0. The highest BCUT2D eigenvalue weighted by Crippen LogP contribution is 2.19. The summed E-state index contributed by atoms with van der Waals surface area (Å²) in [7, 11) is 0. The van der Waals surface area contributed by atoms with Crippen LogP contribution in [0, 0.1) is 3.57 Å². The number of nitrogens with two attached hydrogens (primary N) is 1. The average Bonchev–Trinajstić information content (AvgIpc) is 2.31. The molecule has 0 amide bonds. The maximum absolute atomic E-state index is 5.64. The van der Waals surface area contributed by atoms with E-state index < -0.39 is 0 Å². The second-order valence-electron chi connectivity index (χ2n) is 2.22. The first kappa shape index (κ1) is 8.06. The van der Waals surface area contributed by atoms with Gasteiger partial charge < -0.3 is 5.73 Å². The van der Waals surface area contributed by atoms with Crippen LogP contribution in [0.5, 0.6) is 0 Å². The van der Waals surface area contributed by atoms with Crippen molar-refractivity contribution in [1.82, 2.24) is 14.6 Å². The molecule has 2 heterocycles. The number of rotatable bonds is 0. The third-order valence-electron chi connectivity index (χ3n) is 1.46. The van der Waals surface area contributed by atoms with Crippen molar-refractivity contribution in [3.8, 4) is 0 Å². The highest BCUT2D eigenvalue weighted by Gasteiger charge is 2.06. The van der Waals surface area contributed by atoms with Crippen molar-refractivity contribution in [1.29, 1.82) is 0 Å². The molecule has 2 N–H and O–H groups in total. The summed E-state index contributed by atoms with van der Waals surface area (Å²) in [4.78, 5) is 3.84. The summed E-state index contributed by atoms with van der Waals surface area (Å²) in [6.07, 6.45) is 1.79. The van der Waals surface area contributed by atoms with Gasteiger partial charge in [0.25, 0.3) is 0 Å². The minimum Gasteiger partial charge on any atom is -0.382 e. The number of aromatic nitrogens is 3. The molecule has 2 aromatic rings. The molecular formula is C6H4ClIN4. The standard InChI is InChI=1S/C6H4ClIN4/c7-6-10-5(9)4-3(8)1-2-12(4)11-6/h1-2H,(H2,9,10,11). The molecule has 0 fully saturated rings. The lowest BCUT2D eigenvalue weighted by Gasteiger charge is -1.98. The molecule has 62 valence electrons. The lowest BCUT2D eigenvalue weighted by Crippen LogP contribution is -2.00. The molecule has 0 aliphatic rings. The predicted molar refractivity (Wildman–Crippen MR) is 55.1 cm³/mol. The summed E-state index contributed by atoms with van der Waals surface area (Å²) in [5.41, 5.74) is 6.45. The fourth-order valence-corrected chi connectivity index (χ4v) is 1.84. The quantitative estimate of drug-likeness (QED) is 0.750. The highest BCUT2D eigenvalue weighted by molar-refractivity contribution is 14.1. The van der Waals surface area contributed by atoms with Gasteiger partial charge in [0.15, 0.2) is 5.82 Å². The molecule has 6 heteroatoms. The molecule has 0 aliphatic heterocycles. The third kappa shape index (κ3) is 1.13. The molecule has 12 heavy (non-hydrogen) atoms. The monoisotopic (exact) mass is 294 g/mol. The second kappa shape index (κ2) is 2.74. The number of nitrogens with zero attached hydrogens (tertiary/aromatic N) is 3. The van der Waals surface area contributed by atoms with E-state index in [0.29, 0.717) is 5.82 Å². The zero-order chi connectivity index (χ0) is 8.72. The summed E-state index contributed by atoms with van der Waals surface area (Å²) in [5.74, 6) is 0.407. The smallest absolute Gasteiger partial charge is 0.243 e. The molecule has 0 unspecified atom stereocenters. The number of hydrogen-bond donors (Lipinski definition) is 1. The second-order valence-corrected chi connectivity index (χ2v) is 3.72. The fourth-order valence-electron chi connectivity index (χ4n) is 0.986. The largest absolute Gasteiger partial charge is 0.382 e. The van der Waals surface area contributed by atoms with Gasteiger partial charge in [-0.3, -0.25) is 0 Å². The Kier molecular flexibility index (Phi) is 1.84. The Bertz CT molecular complexity index is 438. The van der Waals surface area contributed by atoms with Crippen LogP contribution in [0.15, 0.2) is 12.3 Å². The van der Waals surface area contributed by atoms with Crippen LogP contribution in [0.25, 0.3) is 5.52 Å². The maximum atomic E-state index is 5.64. The van der Waals surface area contributed by atoms with Crippen LogP contribution in [-0.2, 0) is 0 Å². The van der Waals surface area contributed by atoms with Crippen LogP contribution in [0.2, 0.25) is 5.28 Å². The molecule has 0 atom stereocenters. The van der Waals surface area contributed by atoms with Crippen molar-refractivity contribution in [3.63, 3.8) is 0 Å². The van der Waals surface area contributed by atoms with Gasteiger partial charge in [0.05, 0.1) is 0 Å². The molecule has 2 rings (SSSR count). The number of fused-ring (bicyclic) bond motifs is 1. The van der Waals surface area contributed by atoms with E-state index in [9.17, 15) is 0 Å². The van der Waals surface area contributed by atoms with Gasteiger partial charge in [-0.15, -0.1) is 5.10 Å². The van der Waals surface area contributed by atoms with E-state index in [-0.39, 0.29) is 5.28 Å². The van der Waals surface area contributed by atoms with Gasteiger partial charge in [0.1, 0.15) is 5.52 Å². The van der Waals surface area contributed by atoms with E-state index in [1.54, 1.807) is 10.7 Å². The van der Waals surface area contributed by atoms with Crippen molar-refractivity contribution < 1.29 is 0 Å². The zero-order valence-corrected chi connectivity index (χ0v) is 8.74. The number of halogens is 2. The van der Waals surface area contributed by atoms with Crippen molar-refractivity contribution in [2.24, 2.45) is 0 Å². The van der Waals surface area contributed by atoms with Crippen LogP contribution < -0.4 is 5.73 Å². The summed E-state index contributed by atoms with van der Waals surface area (Å²) < 4.78 is 2.63. The molecular weight excluding hydrogens is 290 g/mol. The molecule has 4 nitrogen and oxygen atoms in total. The first-order valence-electron chi connectivity index (χ1n) is 3.14. The lowest BCUT2D eigenvalue weighted by molar-refractivity contribution is 0.908. The van der Waals surface area contributed by atoms with Crippen molar-refractivity contribution in [2.45, 2.75) is 0 Å². The van der Waals surface area contributed by atoms with Crippen LogP contribution >= 0.6 is 34.2 Å². The Morgan fingerprint density at radius 2 is 2.33 bits per heavy atom. The number of hydrogen-bond acceptors (Lipinski definition) is 3. The Labute approximate surface area is 86.9 Å². The highest BCUT2D eigenvalue weighted by atomic mass is 127. The lowest BCUT2D eigenvalue weighted by atomic mass is 10.5. The van der Waals surface area contributed by atoms with E-state index in [1.807, 2.05) is 6.07 Å². The van der Waals surface area contributed by atoms with Crippen LogP contribution in [0.4, 0.5) is 5.82 Å². The van der Waals surface area contributed by atoms with E-state index in [1.165, 1.54) is 0 Å². The molecule has 0 radical (unpaired) electrons. The zero-order valence-electron chi connectivity index (χ0n) is 5.83. The van der Waals surface area contributed by atoms with Crippen LogP contribution in [0.3, 0.4) is 0 Å². The minimum absolute atomic E-state index is 0.159. The normalized spacial score (nSPS) is 10.8. The first-order valence-corrected chi connectivity index (χ1v) is 4.60. The fraction of sp³-hybridized carbons (Fsp3) is 0. The van der Waals surface area contributed by atoms with Gasteiger partial charge in [-0.1, -0.05) is 0 Å². The van der Waals surface area contributed by atoms with Gasteiger partial charge in [0.2, 0.25) is 5.28 Å². The Morgan fingerprint density at radius 1 is 1.58 bits per heavy atom. The van der Waals surface area contributed by atoms with Gasteiger partial charge >= 0.3 is 0 Å². The van der Waals surface area contributed by atoms with Gasteiger partial charge in [-0.2, -0.15) is 4.98 Å². The van der Waals surface area contributed by atoms with Gasteiger partial charge in [-0.25, -0.2) is 4.52 Å². The summed E-state index contributed by atoms with van der Waals surface area (Å²) in [6, 6.07) is 1.90. The molecule has 2 aromatic heterocycles.